The van der Waals surface area contributed by atoms with Crippen LogP contribution in [0.1, 0.15) is 9.67 Å². The second-order valence-corrected chi connectivity index (χ2v) is 6.76. The summed E-state index contributed by atoms with van der Waals surface area (Å²) in [5.74, 6) is -3.94. The summed E-state index contributed by atoms with van der Waals surface area (Å²) in [4.78, 5) is 24.1. The summed E-state index contributed by atoms with van der Waals surface area (Å²) in [6, 6.07) is 10.0. The summed E-state index contributed by atoms with van der Waals surface area (Å²) in [5, 5.41) is 12.0. The van der Waals surface area contributed by atoms with E-state index in [0.717, 1.165) is 23.5 Å². The number of methoxy groups -OCH3 is 1. The Labute approximate surface area is 162 Å². The largest absolute Gasteiger partial charge is 0.478 e. The van der Waals surface area contributed by atoms with E-state index in [1.165, 1.54) is 13.2 Å². The van der Waals surface area contributed by atoms with Gasteiger partial charge in [-0.25, -0.2) is 13.6 Å². The minimum absolute atomic E-state index is 0.00814. The number of carbonyl (C=O) groups is 2. The van der Waals surface area contributed by atoms with Crippen molar-refractivity contribution < 1.29 is 33.0 Å². The number of hydrogen-bond donors (Lipinski definition) is 2. The number of aliphatic carboxylic acids is 1. The van der Waals surface area contributed by atoms with Crippen molar-refractivity contribution in [1.82, 2.24) is 0 Å². The van der Waals surface area contributed by atoms with E-state index in [1.807, 2.05) is 0 Å². The number of carbonyl (C=O) groups excluding carboxylic acids is 1. The fourth-order valence-electron chi connectivity index (χ4n) is 2.53. The quantitative estimate of drug-likeness (QED) is 0.620. The number of para-hydroxylation sites is 1. The number of thiophene rings is 1. The predicted molar refractivity (Wildman–Crippen MR) is 100 cm³/mol. The molecule has 0 aliphatic heterocycles. The highest BCUT2D eigenvalue weighted by Crippen LogP contribution is 2.39. The molecule has 1 unspecified atom stereocenters. The number of fused-ring (bicyclic) bond motifs is 1. The molecule has 6 nitrogen and oxygen atoms in total. The molecule has 3 aromatic rings. The molecule has 28 heavy (non-hydrogen) atoms. The van der Waals surface area contributed by atoms with Gasteiger partial charge in [0.2, 0.25) is 6.10 Å². The van der Waals surface area contributed by atoms with Crippen molar-refractivity contribution in [2.24, 2.45) is 0 Å². The maximum atomic E-state index is 13.9. The van der Waals surface area contributed by atoms with Gasteiger partial charge in [-0.15, -0.1) is 11.3 Å². The van der Waals surface area contributed by atoms with Crippen LogP contribution in [0.3, 0.4) is 0 Å². The molecule has 9 heteroatoms. The molecule has 0 aliphatic rings. The molecule has 1 atom stereocenters. The summed E-state index contributed by atoms with van der Waals surface area (Å²) in [6.07, 6.45) is -1.36. The van der Waals surface area contributed by atoms with Gasteiger partial charge in [0.25, 0.3) is 5.91 Å². The lowest BCUT2D eigenvalue weighted by atomic mass is 10.2. The second-order valence-electron chi connectivity index (χ2n) is 5.71. The monoisotopic (exact) mass is 407 g/mol. The third kappa shape index (κ3) is 3.95. The zero-order chi connectivity index (χ0) is 20.3. The Morgan fingerprint density at radius 2 is 1.82 bits per heavy atom. The molecule has 0 saturated heterocycles. The maximum Gasteiger partial charge on any atom is 0.347 e. The molecule has 0 bridgehead atoms. The minimum Gasteiger partial charge on any atom is -0.478 e. The Kier molecular flexibility index (Phi) is 5.86. The molecule has 0 fully saturated rings. The second kappa shape index (κ2) is 8.32. The first kappa shape index (κ1) is 19.7. The van der Waals surface area contributed by atoms with Crippen molar-refractivity contribution in [2.45, 2.75) is 6.10 Å². The summed E-state index contributed by atoms with van der Waals surface area (Å²) < 4.78 is 38.8. The zero-order valence-electron chi connectivity index (χ0n) is 14.6. The van der Waals surface area contributed by atoms with Gasteiger partial charge in [-0.05, 0) is 24.3 Å². The fourth-order valence-corrected chi connectivity index (χ4v) is 3.56. The van der Waals surface area contributed by atoms with E-state index in [2.05, 4.69) is 5.32 Å². The van der Waals surface area contributed by atoms with Gasteiger partial charge in [0.15, 0.2) is 5.75 Å². The Morgan fingerprint density at radius 3 is 2.46 bits per heavy atom. The summed E-state index contributed by atoms with van der Waals surface area (Å²) >= 11 is 1.02. The van der Waals surface area contributed by atoms with Crippen LogP contribution >= 0.6 is 11.3 Å². The van der Waals surface area contributed by atoms with Crippen LogP contribution in [-0.2, 0) is 9.53 Å². The third-order valence-electron chi connectivity index (χ3n) is 3.81. The van der Waals surface area contributed by atoms with E-state index < -0.39 is 35.3 Å². The van der Waals surface area contributed by atoms with E-state index in [9.17, 15) is 23.5 Å². The number of ether oxygens (including phenoxy) is 2. The van der Waals surface area contributed by atoms with Crippen molar-refractivity contribution in [3.8, 4) is 5.75 Å². The molecule has 3 rings (SSSR count). The minimum atomic E-state index is -1.36. The normalized spacial score (nSPS) is 12.0. The molecular formula is C19H15F2NO5S. The Morgan fingerprint density at radius 1 is 1.14 bits per heavy atom. The molecule has 0 saturated carbocycles. The summed E-state index contributed by atoms with van der Waals surface area (Å²) in [7, 11) is 1.32. The third-order valence-corrected chi connectivity index (χ3v) is 4.96. The van der Waals surface area contributed by atoms with Crippen molar-refractivity contribution in [3.05, 3.63) is 59.0 Å². The molecule has 1 aromatic heterocycles. The topological polar surface area (TPSA) is 84.9 Å². The highest BCUT2D eigenvalue weighted by Gasteiger charge is 2.27. The van der Waals surface area contributed by atoms with Crippen molar-refractivity contribution >= 4 is 39.0 Å². The molecule has 0 radical (unpaired) electrons. The van der Waals surface area contributed by atoms with E-state index in [1.54, 1.807) is 24.3 Å². The zero-order valence-corrected chi connectivity index (χ0v) is 15.4. The number of anilines is 1. The first-order valence-electron chi connectivity index (χ1n) is 8.07. The van der Waals surface area contributed by atoms with Gasteiger partial charge in [-0.1, -0.05) is 18.2 Å². The number of benzene rings is 2. The van der Waals surface area contributed by atoms with Gasteiger partial charge < -0.3 is 19.9 Å². The number of nitrogens with one attached hydrogen (secondary N) is 1. The Bertz CT molecular complexity index is 1020. The van der Waals surface area contributed by atoms with Crippen molar-refractivity contribution in [2.75, 3.05) is 19.0 Å². The van der Waals surface area contributed by atoms with Gasteiger partial charge >= 0.3 is 5.97 Å². The number of amides is 1. The van der Waals surface area contributed by atoms with Gasteiger partial charge in [-0.2, -0.15) is 0 Å². The first-order valence-corrected chi connectivity index (χ1v) is 8.89. The van der Waals surface area contributed by atoms with E-state index >= 15 is 0 Å². The molecular weight excluding hydrogens is 392 g/mol. The van der Waals surface area contributed by atoms with Gasteiger partial charge in [0, 0.05) is 17.2 Å². The molecule has 2 N–H and O–H groups in total. The smallest absolute Gasteiger partial charge is 0.347 e. The lowest BCUT2D eigenvalue weighted by molar-refractivity contribution is -0.147. The van der Waals surface area contributed by atoms with Crippen LogP contribution in [0, 0.1) is 11.6 Å². The van der Waals surface area contributed by atoms with E-state index in [-0.39, 0.29) is 17.2 Å². The van der Waals surface area contributed by atoms with Crippen LogP contribution in [0.25, 0.3) is 10.1 Å². The van der Waals surface area contributed by atoms with E-state index in [0.29, 0.717) is 10.1 Å². The van der Waals surface area contributed by atoms with Crippen LogP contribution in [0.5, 0.6) is 5.75 Å². The number of halogens is 2. The van der Waals surface area contributed by atoms with Crippen LogP contribution in [-0.4, -0.2) is 36.8 Å². The fraction of sp³-hybridized carbons (Fsp3) is 0.158. The van der Waals surface area contributed by atoms with Gasteiger partial charge in [-0.3, -0.25) is 4.79 Å². The van der Waals surface area contributed by atoms with Crippen molar-refractivity contribution in [3.63, 3.8) is 0 Å². The van der Waals surface area contributed by atoms with Crippen LogP contribution in [0.15, 0.2) is 42.5 Å². The average Bonchev–Trinajstić information content (AvgIpc) is 3.03. The summed E-state index contributed by atoms with van der Waals surface area (Å²) in [6.45, 7) is -0.248. The average molecular weight is 407 g/mol. The SMILES string of the molecule is COCC(Oc1c(C(=O)Nc2c(F)cccc2F)sc2ccccc12)C(=O)O. The van der Waals surface area contributed by atoms with Crippen LogP contribution in [0.4, 0.5) is 14.5 Å². The molecule has 1 heterocycles. The number of carboxylic acids is 1. The first-order chi connectivity index (χ1) is 13.4. The van der Waals surface area contributed by atoms with Crippen LogP contribution < -0.4 is 10.1 Å². The highest BCUT2D eigenvalue weighted by atomic mass is 32.1. The molecule has 0 spiro atoms. The lowest BCUT2D eigenvalue weighted by Crippen LogP contribution is -2.32. The standard InChI is InChI=1S/C19H15F2NO5S/c1-26-9-13(19(24)25)27-16-10-5-2-3-8-14(10)28-17(16)18(23)22-15-11(20)6-4-7-12(15)21/h2-8,13H,9H2,1H3,(H,22,23)(H,24,25). The van der Waals surface area contributed by atoms with E-state index in [4.69, 9.17) is 9.47 Å². The number of hydrogen-bond acceptors (Lipinski definition) is 5. The van der Waals surface area contributed by atoms with Gasteiger partial charge in [0.05, 0.1) is 6.61 Å². The lowest BCUT2D eigenvalue weighted by Gasteiger charge is -2.15. The Balaban J connectivity index is 2.02. The molecule has 0 aliphatic carbocycles. The molecule has 1 amide bonds. The Hall–Kier alpha value is -3.04. The number of rotatable bonds is 7. The molecule has 2 aromatic carbocycles. The molecule has 146 valence electrons. The number of carboxylic acid groups (broad SMARTS) is 1. The maximum absolute atomic E-state index is 13.9. The highest BCUT2D eigenvalue weighted by molar-refractivity contribution is 7.21. The van der Waals surface area contributed by atoms with Crippen LogP contribution in [0.2, 0.25) is 0 Å². The van der Waals surface area contributed by atoms with Gasteiger partial charge in [0.1, 0.15) is 22.2 Å². The summed E-state index contributed by atoms with van der Waals surface area (Å²) in [5.41, 5.74) is -0.595. The van der Waals surface area contributed by atoms with Crippen molar-refractivity contribution in [1.29, 1.82) is 0 Å². The predicted octanol–water partition coefficient (Wildman–Crippen LogP) is 3.91.